The van der Waals surface area contributed by atoms with Crippen LogP contribution >= 0.6 is 11.6 Å². The standard InChI is InChI=1S/C24H26ClNO.C3H6.C2H6/c1-6-17(4)15-22(19(7-2)14-13-18(5)25)23(8-3)26-16-20-11-9-10-12-21(20)24(26)27;1-3-2;1-2/h7-15H,3,5-6,16H2,1-2,4H3;3H,1H2,2H3;1-2H3/b14-13-,17-15+,19-7+,23-22-;;. The van der Waals surface area contributed by atoms with Gasteiger partial charge in [0, 0.05) is 16.2 Å². The van der Waals surface area contributed by atoms with Crippen LogP contribution in [0.2, 0.25) is 0 Å². The van der Waals surface area contributed by atoms with E-state index in [2.05, 4.69) is 39.7 Å². The summed E-state index contributed by atoms with van der Waals surface area (Å²) in [7, 11) is 0. The SMILES string of the molecule is C=C/C(=C(\C=C(/C)CC)C(/C=C\C(=C)Cl)=C/C)N1Cc2ccccc2C1=O.C=CC.CC. The van der Waals surface area contributed by atoms with Gasteiger partial charge in [-0.25, -0.2) is 0 Å². The number of benzene rings is 1. The smallest absolute Gasteiger partial charge is 0.258 e. The van der Waals surface area contributed by atoms with Crippen molar-refractivity contribution in [1.82, 2.24) is 4.90 Å². The molecule has 172 valence electrons. The molecule has 1 aromatic rings. The summed E-state index contributed by atoms with van der Waals surface area (Å²) in [5.74, 6) is 0.00161. The van der Waals surface area contributed by atoms with Gasteiger partial charge in [0.15, 0.2) is 0 Å². The Balaban J connectivity index is 0.00000177. The van der Waals surface area contributed by atoms with Crippen LogP contribution in [0.15, 0.2) is 108 Å². The maximum absolute atomic E-state index is 13.0. The van der Waals surface area contributed by atoms with Crippen LogP contribution in [0.1, 0.15) is 63.9 Å². The van der Waals surface area contributed by atoms with Gasteiger partial charge in [-0.2, -0.15) is 0 Å². The fourth-order valence-electron chi connectivity index (χ4n) is 2.99. The van der Waals surface area contributed by atoms with Crippen molar-refractivity contribution in [3.63, 3.8) is 0 Å². The Hall–Kier alpha value is -2.84. The van der Waals surface area contributed by atoms with Gasteiger partial charge in [0.2, 0.25) is 0 Å². The van der Waals surface area contributed by atoms with E-state index in [9.17, 15) is 4.79 Å². The number of carbonyl (C=O) groups excluding carboxylic acids is 1. The molecule has 1 aromatic carbocycles. The molecule has 2 nitrogen and oxygen atoms in total. The van der Waals surface area contributed by atoms with Crippen molar-refractivity contribution in [2.75, 3.05) is 0 Å². The predicted molar refractivity (Wildman–Crippen MR) is 143 cm³/mol. The zero-order valence-electron chi connectivity index (χ0n) is 20.5. The van der Waals surface area contributed by atoms with Crippen molar-refractivity contribution in [2.45, 2.75) is 54.5 Å². The van der Waals surface area contributed by atoms with Gasteiger partial charge in [-0.3, -0.25) is 4.79 Å². The molecule has 1 aliphatic heterocycles. The van der Waals surface area contributed by atoms with Crippen molar-refractivity contribution in [3.8, 4) is 0 Å². The average Bonchev–Trinajstić information content (AvgIpc) is 3.12. The van der Waals surface area contributed by atoms with Gasteiger partial charge in [0.1, 0.15) is 0 Å². The van der Waals surface area contributed by atoms with Crippen LogP contribution in [0.4, 0.5) is 0 Å². The van der Waals surface area contributed by atoms with Crippen LogP contribution in [0.3, 0.4) is 0 Å². The number of allylic oxidation sites excluding steroid dienone is 10. The number of halogens is 1. The van der Waals surface area contributed by atoms with E-state index in [1.54, 1.807) is 23.1 Å². The highest BCUT2D eigenvalue weighted by molar-refractivity contribution is 6.30. The first kappa shape index (κ1) is 29.2. The Morgan fingerprint density at radius 3 is 2.22 bits per heavy atom. The Morgan fingerprint density at radius 2 is 1.75 bits per heavy atom. The largest absolute Gasteiger partial charge is 0.303 e. The topological polar surface area (TPSA) is 20.3 Å². The summed E-state index contributed by atoms with van der Waals surface area (Å²) in [4.78, 5) is 14.8. The van der Waals surface area contributed by atoms with E-state index in [0.29, 0.717) is 11.6 Å². The second kappa shape index (κ2) is 15.9. The van der Waals surface area contributed by atoms with Crippen molar-refractivity contribution < 1.29 is 4.79 Å². The molecule has 1 heterocycles. The van der Waals surface area contributed by atoms with Crippen molar-refractivity contribution in [1.29, 1.82) is 0 Å². The highest BCUT2D eigenvalue weighted by Gasteiger charge is 2.29. The van der Waals surface area contributed by atoms with Crippen molar-refractivity contribution >= 4 is 17.5 Å². The average molecular weight is 452 g/mol. The van der Waals surface area contributed by atoms with E-state index in [1.807, 2.05) is 64.1 Å². The summed E-state index contributed by atoms with van der Waals surface area (Å²) in [5, 5.41) is 0.453. The molecule has 2 rings (SSSR count). The molecule has 0 fully saturated rings. The van der Waals surface area contributed by atoms with Gasteiger partial charge < -0.3 is 4.90 Å². The molecule has 0 unspecified atom stereocenters. The fraction of sp³-hybridized carbons (Fsp3) is 0.276. The summed E-state index contributed by atoms with van der Waals surface area (Å²) in [6, 6.07) is 7.72. The van der Waals surface area contributed by atoms with Crippen LogP contribution < -0.4 is 0 Å². The van der Waals surface area contributed by atoms with Crippen LogP contribution in [-0.4, -0.2) is 10.8 Å². The lowest BCUT2D eigenvalue weighted by Crippen LogP contribution is -2.23. The highest BCUT2D eigenvalue weighted by Crippen LogP contribution is 2.31. The highest BCUT2D eigenvalue weighted by atomic mass is 35.5. The number of nitrogens with zero attached hydrogens (tertiary/aromatic N) is 1. The number of hydrogen-bond acceptors (Lipinski definition) is 1. The van der Waals surface area contributed by atoms with Crippen LogP contribution in [-0.2, 0) is 6.54 Å². The first-order valence-electron chi connectivity index (χ1n) is 11.0. The molecule has 0 bridgehead atoms. The maximum Gasteiger partial charge on any atom is 0.258 e. The van der Waals surface area contributed by atoms with E-state index in [4.69, 9.17) is 11.6 Å². The minimum atomic E-state index is 0.00161. The molecule has 32 heavy (non-hydrogen) atoms. The molecular formula is C29H38ClNO. The van der Waals surface area contributed by atoms with Crippen LogP contribution in [0, 0.1) is 0 Å². The summed E-state index contributed by atoms with van der Waals surface area (Å²) >= 11 is 5.92. The van der Waals surface area contributed by atoms with E-state index in [0.717, 1.165) is 34.4 Å². The third kappa shape index (κ3) is 8.36. The van der Waals surface area contributed by atoms with Gasteiger partial charge in [-0.05, 0) is 56.5 Å². The Bertz CT molecular complexity index is 928. The molecule has 0 saturated heterocycles. The fourth-order valence-corrected chi connectivity index (χ4v) is 3.05. The Kier molecular flexibility index (Phi) is 14.5. The summed E-state index contributed by atoms with van der Waals surface area (Å²) in [6.45, 7) is 23.7. The lowest BCUT2D eigenvalue weighted by molar-refractivity contribution is 0.0830. The van der Waals surface area contributed by atoms with Crippen LogP contribution in [0.5, 0.6) is 0 Å². The minimum Gasteiger partial charge on any atom is -0.303 e. The summed E-state index contributed by atoms with van der Waals surface area (Å²) in [6.07, 6.45) is 12.2. The number of amides is 1. The van der Waals surface area contributed by atoms with E-state index in [-0.39, 0.29) is 5.91 Å². The van der Waals surface area contributed by atoms with E-state index < -0.39 is 0 Å². The zero-order valence-corrected chi connectivity index (χ0v) is 21.3. The molecular weight excluding hydrogens is 414 g/mol. The number of rotatable bonds is 7. The normalized spacial score (nSPS) is 14.0. The molecule has 3 heteroatoms. The van der Waals surface area contributed by atoms with Gasteiger partial charge >= 0.3 is 0 Å². The molecule has 0 spiro atoms. The second-order valence-corrected chi connectivity index (χ2v) is 7.31. The number of carbonyl (C=O) groups is 1. The van der Waals surface area contributed by atoms with E-state index >= 15 is 0 Å². The first-order valence-corrected chi connectivity index (χ1v) is 11.4. The molecule has 0 N–H and O–H groups in total. The molecule has 0 aromatic heterocycles. The zero-order chi connectivity index (χ0) is 24.7. The molecule has 0 atom stereocenters. The van der Waals surface area contributed by atoms with Gasteiger partial charge in [-0.15, -0.1) is 6.58 Å². The third-order valence-corrected chi connectivity index (χ3v) is 4.72. The quantitative estimate of drug-likeness (QED) is 0.299. The van der Waals surface area contributed by atoms with Crippen molar-refractivity contribution in [3.05, 3.63) is 119 Å². The Morgan fingerprint density at radius 1 is 1.16 bits per heavy atom. The number of hydrogen-bond donors (Lipinski definition) is 0. The van der Waals surface area contributed by atoms with Crippen LogP contribution in [0.25, 0.3) is 0 Å². The van der Waals surface area contributed by atoms with Crippen molar-refractivity contribution in [2.24, 2.45) is 0 Å². The molecule has 0 aliphatic carbocycles. The molecule has 0 radical (unpaired) electrons. The van der Waals surface area contributed by atoms with Gasteiger partial charge in [0.25, 0.3) is 5.91 Å². The Labute approximate surface area is 200 Å². The number of fused-ring (bicyclic) bond motifs is 1. The molecule has 1 amide bonds. The first-order chi connectivity index (χ1) is 15.3. The summed E-state index contributed by atoms with van der Waals surface area (Å²) in [5.41, 5.74) is 5.70. The molecule has 0 saturated carbocycles. The monoisotopic (exact) mass is 451 g/mol. The van der Waals surface area contributed by atoms with Gasteiger partial charge in [0.05, 0.1) is 12.2 Å². The third-order valence-electron chi connectivity index (χ3n) is 4.60. The lowest BCUT2D eigenvalue weighted by atomic mass is 9.98. The van der Waals surface area contributed by atoms with Gasteiger partial charge in [-0.1, -0.05) is 93.6 Å². The lowest BCUT2D eigenvalue weighted by Gasteiger charge is -2.21. The van der Waals surface area contributed by atoms with E-state index in [1.165, 1.54) is 5.57 Å². The minimum absolute atomic E-state index is 0.00161. The summed E-state index contributed by atoms with van der Waals surface area (Å²) < 4.78 is 0. The molecule has 1 aliphatic rings. The predicted octanol–water partition coefficient (Wildman–Crippen LogP) is 8.91. The second-order valence-electron chi connectivity index (χ2n) is 6.83. The maximum atomic E-state index is 13.0.